The van der Waals surface area contributed by atoms with Gasteiger partial charge in [-0.2, -0.15) is 5.26 Å². The molecule has 45 heavy (non-hydrogen) atoms. The minimum atomic E-state index is -2.77. The maximum atomic E-state index is 13.8. The van der Waals surface area contributed by atoms with Crippen LogP contribution in [0.15, 0.2) is 40.6 Å². The van der Waals surface area contributed by atoms with E-state index in [0.29, 0.717) is 43.6 Å². The van der Waals surface area contributed by atoms with Crippen molar-refractivity contribution in [3.8, 4) is 22.9 Å². The first kappa shape index (κ1) is 30.4. The predicted octanol–water partition coefficient (Wildman–Crippen LogP) is 6.22. The number of thiophene rings is 1. The SMILES string of the molecule is Cc1cc(-c2cc(Cl)ccc2OCCn2c(C)nc3cnc(N4CCC(F)(F)CC4)c(C#N)c3c2=O)c2scc(C(=O)O)c2n1. The number of nitrogens with zero attached hydrogens (tertiary/aromatic N) is 6. The third-order valence-electron chi connectivity index (χ3n) is 7.76. The molecule has 230 valence electrons. The van der Waals surface area contributed by atoms with E-state index in [9.17, 15) is 28.7 Å². The van der Waals surface area contributed by atoms with Gasteiger partial charge in [-0.3, -0.25) is 14.3 Å². The molecule has 0 aliphatic carbocycles. The van der Waals surface area contributed by atoms with Gasteiger partial charge in [-0.05, 0) is 38.1 Å². The van der Waals surface area contributed by atoms with E-state index in [2.05, 4.69) is 21.0 Å². The first-order valence-electron chi connectivity index (χ1n) is 14.0. The molecule has 1 fully saturated rings. The van der Waals surface area contributed by atoms with Gasteiger partial charge < -0.3 is 14.7 Å². The van der Waals surface area contributed by atoms with Gasteiger partial charge in [-0.25, -0.2) is 23.5 Å². The lowest BCUT2D eigenvalue weighted by molar-refractivity contribution is -0.0221. The molecule has 5 aromatic rings. The van der Waals surface area contributed by atoms with Crippen molar-refractivity contribution in [3.05, 3.63) is 73.9 Å². The predicted molar refractivity (Wildman–Crippen MR) is 167 cm³/mol. The van der Waals surface area contributed by atoms with Crippen molar-refractivity contribution in [2.45, 2.75) is 39.2 Å². The van der Waals surface area contributed by atoms with E-state index >= 15 is 0 Å². The molecule has 1 N–H and O–H groups in total. The van der Waals surface area contributed by atoms with Crippen LogP contribution in [-0.2, 0) is 6.54 Å². The molecular weight excluding hydrogens is 626 g/mol. The van der Waals surface area contributed by atoms with E-state index in [4.69, 9.17) is 16.3 Å². The highest BCUT2D eigenvalue weighted by atomic mass is 35.5. The van der Waals surface area contributed by atoms with Gasteiger partial charge in [0, 0.05) is 53.2 Å². The number of alkyl halides is 2. The summed E-state index contributed by atoms with van der Waals surface area (Å²) in [5.74, 6) is -2.81. The molecular formula is C31H25ClF2N6O4S. The average molecular weight is 651 g/mol. The van der Waals surface area contributed by atoms with Crippen LogP contribution in [0.25, 0.3) is 32.2 Å². The number of carbonyl (C=O) groups is 1. The number of halogens is 3. The number of hydrogen-bond acceptors (Lipinski definition) is 9. The van der Waals surface area contributed by atoms with Gasteiger partial charge in [-0.15, -0.1) is 11.3 Å². The number of aryl methyl sites for hydroxylation is 2. The molecule has 0 spiro atoms. The Balaban J connectivity index is 1.33. The van der Waals surface area contributed by atoms with Crippen molar-refractivity contribution in [1.82, 2.24) is 19.5 Å². The van der Waals surface area contributed by atoms with Crippen LogP contribution >= 0.6 is 22.9 Å². The molecule has 14 heteroatoms. The summed E-state index contributed by atoms with van der Waals surface area (Å²) in [6.45, 7) is 3.59. The Morgan fingerprint density at radius 2 is 1.96 bits per heavy atom. The van der Waals surface area contributed by atoms with E-state index in [1.54, 1.807) is 42.3 Å². The molecule has 1 aliphatic heterocycles. The second-order valence-corrected chi connectivity index (χ2v) is 12.0. The summed E-state index contributed by atoms with van der Waals surface area (Å²) in [4.78, 5) is 40.4. The third kappa shape index (κ3) is 5.67. The maximum absolute atomic E-state index is 13.8. The number of pyridine rings is 2. The zero-order valence-electron chi connectivity index (χ0n) is 24.1. The van der Waals surface area contributed by atoms with Crippen LogP contribution in [-0.4, -0.2) is 56.2 Å². The van der Waals surface area contributed by atoms with Crippen LogP contribution in [0.4, 0.5) is 14.6 Å². The number of benzene rings is 1. The van der Waals surface area contributed by atoms with E-state index in [1.807, 2.05) is 6.07 Å². The number of anilines is 1. The summed E-state index contributed by atoms with van der Waals surface area (Å²) >= 11 is 7.62. The molecule has 0 atom stereocenters. The summed E-state index contributed by atoms with van der Waals surface area (Å²) in [5.41, 5.74) is 2.22. The van der Waals surface area contributed by atoms with Crippen LogP contribution in [0.1, 0.15) is 40.3 Å². The Morgan fingerprint density at radius 3 is 2.67 bits per heavy atom. The van der Waals surface area contributed by atoms with Gasteiger partial charge >= 0.3 is 5.97 Å². The van der Waals surface area contributed by atoms with Crippen molar-refractivity contribution >= 4 is 55.8 Å². The number of hydrogen-bond donors (Lipinski definition) is 1. The number of aromatic nitrogens is 4. The lowest BCUT2D eigenvalue weighted by atomic mass is 10.0. The molecule has 1 saturated heterocycles. The van der Waals surface area contributed by atoms with Gasteiger partial charge in [0.1, 0.15) is 35.6 Å². The first-order valence-corrected chi connectivity index (χ1v) is 15.2. The summed E-state index contributed by atoms with van der Waals surface area (Å²) in [7, 11) is 0. The van der Waals surface area contributed by atoms with Crippen LogP contribution in [0.2, 0.25) is 5.02 Å². The molecule has 10 nitrogen and oxygen atoms in total. The summed E-state index contributed by atoms with van der Waals surface area (Å²) in [5, 5.41) is 21.7. The molecule has 0 unspecified atom stereocenters. The van der Waals surface area contributed by atoms with Crippen molar-refractivity contribution < 1.29 is 23.4 Å². The van der Waals surface area contributed by atoms with Gasteiger partial charge in [0.05, 0.1) is 39.4 Å². The second kappa shape index (κ2) is 11.7. The van der Waals surface area contributed by atoms with Crippen molar-refractivity contribution in [2.24, 2.45) is 0 Å². The number of rotatable bonds is 7. The summed E-state index contributed by atoms with van der Waals surface area (Å²) in [6, 6.07) is 8.99. The Labute approximate surface area is 264 Å². The monoisotopic (exact) mass is 650 g/mol. The van der Waals surface area contributed by atoms with Crippen molar-refractivity contribution in [1.29, 1.82) is 5.26 Å². The molecule has 0 saturated carbocycles. The zero-order valence-corrected chi connectivity index (χ0v) is 25.7. The Kier molecular flexibility index (Phi) is 7.88. The van der Waals surface area contributed by atoms with E-state index in [0.717, 1.165) is 0 Å². The second-order valence-electron chi connectivity index (χ2n) is 10.7. The van der Waals surface area contributed by atoms with Gasteiger partial charge in [0.2, 0.25) is 0 Å². The molecule has 0 amide bonds. The Hall–Kier alpha value is -4.67. The lowest BCUT2D eigenvalue weighted by Crippen LogP contribution is -2.40. The fraction of sp³-hybridized carbons (Fsp3) is 0.290. The first-order chi connectivity index (χ1) is 21.5. The molecule has 0 radical (unpaired) electrons. The number of ether oxygens (including phenoxy) is 1. The lowest BCUT2D eigenvalue weighted by Gasteiger charge is -2.33. The number of fused-ring (bicyclic) bond motifs is 2. The number of aromatic carboxylic acids is 1. The fourth-order valence-corrected chi connectivity index (χ4v) is 6.72. The summed E-state index contributed by atoms with van der Waals surface area (Å²) < 4.78 is 35.8. The van der Waals surface area contributed by atoms with Crippen LogP contribution in [0.3, 0.4) is 0 Å². The number of nitriles is 1. The van der Waals surface area contributed by atoms with Gasteiger partial charge in [0.25, 0.3) is 11.5 Å². The maximum Gasteiger partial charge on any atom is 0.338 e. The molecule has 5 heterocycles. The third-order valence-corrected chi connectivity index (χ3v) is 9.00. The summed E-state index contributed by atoms with van der Waals surface area (Å²) in [6.07, 6.45) is 0.664. The highest BCUT2D eigenvalue weighted by molar-refractivity contribution is 7.18. The van der Waals surface area contributed by atoms with Crippen LogP contribution in [0.5, 0.6) is 5.75 Å². The quantitative estimate of drug-likeness (QED) is 0.218. The van der Waals surface area contributed by atoms with Gasteiger partial charge in [-0.1, -0.05) is 11.6 Å². The number of carboxylic acids is 1. The van der Waals surface area contributed by atoms with Crippen molar-refractivity contribution in [3.63, 3.8) is 0 Å². The number of piperidine rings is 1. The molecule has 4 aromatic heterocycles. The number of carboxylic acid groups (broad SMARTS) is 1. The van der Waals surface area contributed by atoms with Crippen LogP contribution < -0.4 is 15.2 Å². The molecule has 0 bridgehead atoms. The highest BCUT2D eigenvalue weighted by Crippen LogP contribution is 2.40. The van der Waals surface area contributed by atoms with Crippen molar-refractivity contribution in [2.75, 3.05) is 24.6 Å². The Bertz CT molecular complexity index is 2100. The van der Waals surface area contributed by atoms with E-state index in [1.165, 1.54) is 22.1 Å². The average Bonchev–Trinajstić information content (AvgIpc) is 3.42. The van der Waals surface area contributed by atoms with Gasteiger partial charge in [0.15, 0.2) is 0 Å². The smallest absolute Gasteiger partial charge is 0.338 e. The van der Waals surface area contributed by atoms with Crippen LogP contribution in [0, 0.1) is 25.2 Å². The zero-order chi connectivity index (χ0) is 32.0. The molecule has 1 aliphatic rings. The normalized spacial score (nSPS) is 14.5. The Morgan fingerprint density at radius 1 is 1.20 bits per heavy atom. The minimum Gasteiger partial charge on any atom is -0.491 e. The minimum absolute atomic E-state index is 0.00127. The largest absolute Gasteiger partial charge is 0.491 e. The fourth-order valence-electron chi connectivity index (χ4n) is 5.54. The molecule has 1 aromatic carbocycles. The van der Waals surface area contributed by atoms with E-state index in [-0.39, 0.29) is 66.9 Å². The highest BCUT2D eigenvalue weighted by Gasteiger charge is 2.35. The van der Waals surface area contributed by atoms with E-state index < -0.39 is 17.5 Å². The topological polar surface area (TPSA) is 134 Å². The molecule has 6 rings (SSSR count). The standard InChI is InChI=1S/C31H25ClF2N6O4S/c1-16-11-20(27-26(37-16)22(15-45-27)30(42)43)19-12-18(32)3-4-24(19)44-10-9-40-17(2)38-23-14-36-28(21(13-35)25(23)29(40)41)39-7-5-31(33,34)6-8-39/h3-4,11-12,14-15H,5-10H2,1-2H3,(H,42,43).